The predicted octanol–water partition coefficient (Wildman–Crippen LogP) is 2.77. The summed E-state index contributed by atoms with van der Waals surface area (Å²) < 4.78 is 38.5. The third-order valence-corrected chi connectivity index (χ3v) is 3.70. The van der Waals surface area contributed by atoms with Crippen molar-refractivity contribution < 1.29 is 13.2 Å². The quantitative estimate of drug-likeness (QED) is 0.850. The Labute approximate surface area is 123 Å². The van der Waals surface area contributed by atoms with Crippen molar-refractivity contribution in [2.45, 2.75) is 25.6 Å². The summed E-state index contributed by atoms with van der Waals surface area (Å²) in [7, 11) is 0. The Kier molecular flexibility index (Phi) is 5.27. The normalized spacial score (nSPS) is 19.9. The van der Waals surface area contributed by atoms with Gasteiger partial charge in [-0.1, -0.05) is 30.0 Å². The van der Waals surface area contributed by atoms with E-state index in [2.05, 4.69) is 11.8 Å². The molecular weight excluding hydrogens is 277 g/mol. The van der Waals surface area contributed by atoms with Gasteiger partial charge in [-0.15, -0.1) is 0 Å². The molecule has 0 saturated carbocycles. The van der Waals surface area contributed by atoms with Crippen molar-refractivity contribution in [3.63, 3.8) is 0 Å². The van der Waals surface area contributed by atoms with E-state index in [1.807, 2.05) is 29.2 Å². The van der Waals surface area contributed by atoms with Gasteiger partial charge in [-0.3, -0.25) is 4.90 Å². The van der Waals surface area contributed by atoms with Crippen LogP contribution in [-0.4, -0.2) is 30.7 Å². The van der Waals surface area contributed by atoms with Crippen LogP contribution in [0.2, 0.25) is 0 Å². The Bertz CT molecular complexity index is 528. The van der Waals surface area contributed by atoms with E-state index in [4.69, 9.17) is 5.73 Å². The van der Waals surface area contributed by atoms with Crippen molar-refractivity contribution in [2.24, 2.45) is 11.7 Å². The molecule has 21 heavy (non-hydrogen) atoms. The van der Waals surface area contributed by atoms with Crippen molar-refractivity contribution in [1.29, 1.82) is 0 Å². The van der Waals surface area contributed by atoms with Crippen LogP contribution in [0.5, 0.6) is 0 Å². The number of rotatable bonds is 2. The van der Waals surface area contributed by atoms with Gasteiger partial charge in [0.15, 0.2) is 0 Å². The van der Waals surface area contributed by atoms with E-state index in [1.54, 1.807) is 0 Å². The molecule has 1 atom stereocenters. The van der Waals surface area contributed by atoms with Crippen molar-refractivity contribution in [3.8, 4) is 11.8 Å². The maximum atomic E-state index is 12.8. The van der Waals surface area contributed by atoms with Crippen LogP contribution in [0.15, 0.2) is 24.3 Å². The van der Waals surface area contributed by atoms with Crippen LogP contribution in [0.25, 0.3) is 0 Å². The van der Waals surface area contributed by atoms with Gasteiger partial charge in [0, 0.05) is 18.7 Å². The molecule has 2 nitrogen and oxygen atoms in total. The lowest BCUT2D eigenvalue weighted by atomic mass is 9.96. The fourth-order valence-corrected chi connectivity index (χ4v) is 2.63. The van der Waals surface area contributed by atoms with Crippen molar-refractivity contribution in [3.05, 3.63) is 35.4 Å². The molecule has 2 N–H and O–H groups in total. The van der Waals surface area contributed by atoms with E-state index in [9.17, 15) is 13.2 Å². The first-order chi connectivity index (χ1) is 10.0. The summed E-state index contributed by atoms with van der Waals surface area (Å²) in [6, 6.07) is 7.55. The average Bonchev–Trinajstić information content (AvgIpc) is 2.46. The first kappa shape index (κ1) is 15.9. The topological polar surface area (TPSA) is 29.3 Å². The van der Waals surface area contributed by atoms with Crippen LogP contribution in [0.3, 0.4) is 0 Å². The number of piperidine rings is 1. The zero-order valence-electron chi connectivity index (χ0n) is 11.8. The molecule has 1 aliphatic rings. The minimum absolute atomic E-state index is 0.0716. The van der Waals surface area contributed by atoms with E-state index >= 15 is 0 Å². The monoisotopic (exact) mass is 296 g/mol. The minimum Gasteiger partial charge on any atom is -0.320 e. The average molecular weight is 296 g/mol. The van der Waals surface area contributed by atoms with Crippen LogP contribution in [0.1, 0.15) is 24.0 Å². The first-order valence-electron chi connectivity index (χ1n) is 7.06. The van der Waals surface area contributed by atoms with E-state index < -0.39 is 12.1 Å². The first-order valence-corrected chi connectivity index (χ1v) is 7.06. The number of benzene rings is 1. The maximum absolute atomic E-state index is 12.8. The number of nitrogens with zero attached hydrogens (tertiary/aromatic N) is 1. The molecular formula is C16H19F3N2. The smallest absolute Gasteiger partial charge is 0.320 e. The molecule has 0 aliphatic carbocycles. The van der Waals surface area contributed by atoms with Crippen LogP contribution in [0.4, 0.5) is 13.2 Å². The highest BCUT2D eigenvalue weighted by Gasteiger charge is 2.41. The van der Waals surface area contributed by atoms with Crippen LogP contribution < -0.4 is 5.73 Å². The van der Waals surface area contributed by atoms with Gasteiger partial charge in [0.1, 0.15) is 0 Å². The molecule has 1 unspecified atom stereocenters. The summed E-state index contributed by atoms with van der Waals surface area (Å²) in [6.07, 6.45) is -3.28. The van der Waals surface area contributed by atoms with Crippen LogP contribution >= 0.6 is 0 Å². The fourth-order valence-electron chi connectivity index (χ4n) is 2.63. The van der Waals surface area contributed by atoms with Gasteiger partial charge in [-0.25, -0.2) is 0 Å². The summed E-state index contributed by atoms with van der Waals surface area (Å²) in [4.78, 5) is 1.87. The second kappa shape index (κ2) is 6.97. The second-order valence-corrected chi connectivity index (χ2v) is 5.28. The predicted molar refractivity (Wildman–Crippen MR) is 76.4 cm³/mol. The summed E-state index contributed by atoms with van der Waals surface area (Å²) >= 11 is 0. The third-order valence-electron chi connectivity index (χ3n) is 3.70. The van der Waals surface area contributed by atoms with Gasteiger partial charge in [-0.05, 0) is 31.0 Å². The molecule has 1 aromatic rings. The lowest BCUT2D eigenvalue weighted by Crippen LogP contribution is -2.41. The zero-order valence-corrected chi connectivity index (χ0v) is 11.8. The molecule has 1 aromatic carbocycles. The Morgan fingerprint density at radius 3 is 2.76 bits per heavy atom. The third kappa shape index (κ3) is 4.48. The Hall–Kier alpha value is -1.51. The lowest BCUT2D eigenvalue weighted by Gasteiger charge is -2.33. The summed E-state index contributed by atoms with van der Waals surface area (Å²) in [6.45, 7) is 1.55. The molecule has 0 bridgehead atoms. The van der Waals surface area contributed by atoms with Crippen LogP contribution in [0, 0.1) is 17.8 Å². The minimum atomic E-state index is -4.10. The van der Waals surface area contributed by atoms with Crippen molar-refractivity contribution >= 4 is 0 Å². The van der Waals surface area contributed by atoms with E-state index in [1.165, 1.54) is 0 Å². The lowest BCUT2D eigenvalue weighted by molar-refractivity contribution is -0.187. The highest BCUT2D eigenvalue weighted by molar-refractivity contribution is 5.41. The van der Waals surface area contributed by atoms with E-state index in [0.717, 1.165) is 11.1 Å². The van der Waals surface area contributed by atoms with E-state index in [-0.39, 0.29) is 19.5 Å². The summed E-state index contributed by atoms with van der Waals surface area (Å²) in [5.74, 6) is 4.56. The Morgan fingerprint density at radius 1 is 1.29 bits per heavy atom. The molecule has 114 valence electrons. The zero-order chi connectivity index (χ0) is 15.3. The van der Waals surface area contributed by atoms with Gasteiger partial charge in [0.25, 0.3) is 0 Å². The largest absolute Gasteiger partial charge is 0.393 e. The summed E-state index contributed by atoms with van der Waals surface area (Å²) in [5.41, 5.74) is 7.17. The van der Waals surface area contributed by atoms with Gasteiger partial charge >= 0.3 is 6.18 Å². The van der Waals surface area contributed by atoms with Crippen molar-refractivity contribution in [2.75, 3.05) is 19.6 Å². The molecule has 0 spiro atoms. The number of likely N-dealkylation sites (tertiary alicyclic amines) is 1. The molecule has 0 amide bonds. The number of hydrogen-bond acceptors (Lipinski definition) is 2. The SMILES string of the molecule is NCC#Cc1ccccc1CN1CCCC(C(F)(F)F)C1. The van der Waals surface area contributed by atoms with Gasteiger partial charge in [0.05, 0.1) is 12.5 Å². The number of halogens is 3. The standard InChI is InChI=1S/C16H19F3N2/c17-16(18,19)15-8-4-10-21(12-15)11-14-6-2-1-5-13(14)7-3-9-20/h1-2,5-6,15H,4,8-12,20H2. The highest BCUT2D eigenvalue weighted by atomic mass is 19.4. The van der Waals surface area contributed by atoms with Gasteiger partial charge in [-0.2, -0.15) is 13.2 Å². The fraction of sp³-hybridized carbons (Fsp3) is 0.500. The molecule has 0 aromatic heterocycles. The van der Waals surface area contributed by atoms with Crippen molar-refractivity contribution in [1.82, 2.24) is 4.90 Å². The molecule has 0 radical (unpaired) electrons. The highest BCUT2D eigenvalue weighted by Crippen LogP contribution is 2.33. The maximum Gasteiger partial charge on any atom is 0.393 e. The van der Waals surface area contributed by atoms with Gasteiger partial charge in [0.2, 0.25) is 0 Å². The number of hydrogen-bond donors (Lipinski definition) is 1. The number of alkyl halides is 3. The molecule has 1 aliphatic heterocycles. The molecule has 1 saturated heterocycles. The number of nitrogens with two attached hydrogens (primary N) is 1. The van der Waals surface area contributed by atoms with E-state index in [0.29, 0.717) is 19.5 Å². The molecule has 2 rings (SSSR count). The molecule has 1 heterocycles. The molecule has 1 fully saturated rings. The molecule has 5 heteroatoms. The Morgan fingerprint density at radius 2 is 2.05 bits per heavy atom. The Balaban J connectivity index is 2.08. The van der Waals surface area contributed by atoms with Gasteiger partial charge < -0.3 is 5.73 Å². The second-order valence-electron chi connectivity index (χ2n) is 5.28. The van der Waals surface area contributed by atoms with Crippen LogP contribution in [-0.2, 0) is 6.54 Å². The summed E-state index contributed by atoms with van der Waals surface area (Å²) in [5, 5.41) is 0.